The number of carboxylic acid groups (broad SMARTS) is 1. The van der Waals surface area contributed by atoms with Crippen LogP contribution in [0.3, 0.4) is 0 Å². The molecule has 1 aromatic carbocycles. The lowest BCUT2D eigenvalue weighted by atomic mass is 9.94. The van der Waals surface area contributed by atoms with Crippen molar-refractivity contribution in [3.8, 4) is 5.75 Å². The monoisotopic (exact) mass is 354 g/mol. The molecule has 0 amide bonds. The van der Waals surface area contributed by atoms with E-state index in [-0.39, 0.29) is 5.92 Å². The molecule has 0 unspecified atom stereocenters. The van der Waals surface area contributed by atoms with Crippen molar-refractivity contribution in [3.05, 3.63) is 29.3 Å². The Labute approximate surface area is 146 Å². The summed E-state index contributed by atoms with van der Waals surface area (Å²) in [5.74, 6) is -0.542. The summed E-state index contributed by atoms with van der Waals surface area (Å²) in [6.07, 6.45) is -8.07. The third-order valence-corrected chi connectivity index (χ3v) is 4.38. The Hall–Kier alpha value is -1.67. The SMILES string of the molecule is CC(C)c1ccc(O[C@@H]2O[C@H](C(=O)O)[C@@H](O)[C@H](O)[C@H]2O)c(C(C)C)c1. The summed E-state index contributed by atoms with van der Waals surface area (Å²) < 4.78 is 10.9. The number of aliphatic hydroxyl groups is 3. The van der Waals surface area contributed by atoms with Crippen molar-refractivity contribution >= 4 is 5.97 Å². The zero-order valence-electron chi connectivity index (χ0n) is 14.8. The van der Waals surface area contributed by atoms with Crippen molar-refractivity contribution in [1.29, 1.82) is 0 Å². The second-order valence-electron chi connectivity index (χ2n) is 6.96. The molecule has 7 heteroatoms. The van der Waals surface area contributed by atoms with Gasteiger partial charge in [0.1, 0.15) is 24.1 Å². The van der Waals surface area contributed by atoms with E-state index in [1.54, 1.807) is 6.07 Å². The highest BCUT2D eigenvalue weighted by molar-refractivity contribution is 5.73. The van der Waals surface area contributed by atoms with E-state index < -0.39 is 36.7 Å². The first-order valence-electron chi connectivity index (χ1n) is 8.36. The van der Waals surface area contributed by atoms with E-state index >= 15 is 0 Å². The average molecular weight is 354 g/mol. The lowest BCUT2D eigenvalue weighted by Crippen LogP contribution is -2.61. The zero-order valence-corrected chi connectivity index (χ0v) is 14.8. The molecule has 0 saturated carbocycles. The fourth-order valence-corrected chi connectivity index (χ4v) is 2.76. The van der Waals surface area contributed by atoms with Gasteiger partial charge < -0.3 is 29.9 Å². The molecule has 0 aliphatic carbocycles. The molecule has 1 aromatic rings. The number of carbonyl (C=O) groups is 1. The number of hydrogen-bond acceptors (Lipinski definition) is 6. The maximum Gasteiger partial charge on any atom is 0.335 e. The average Bonchev–Trinajstić information content (AvgIpc) is 2.54. The minimum Gasteiger partial charge on any atom is -0.479 e. The Kier molecular flexibility index (Phi) is 6.05. The molecular formula is C18H26O7. The third kappa shape index (κ3) is 4.12. The second-order valence-corrected chi connectivity index (χ2v) is 6.96. The highest BCUT2D eigenvalue weighted by atomic mass is 16.7. The minimum atomic E-state index is -1.74. The molecule has 0 bridgehead atoms. The molecule has 2 rings (SSSR count). The largest absolute Gasteiger partial charge is 0.479 e. The molecule has 0 radical (unpaired) electrons. The van der Waals surface area contributed by atoms with Gasteiger partial charge in [-0.2, -0.15) is 0 Å². The van der Waals surface area contributed by atoms with Crippen LogP contribution in [0.25, 0.3) is 0 Å². The Bertz CT molecular complexity index is 613. The Balaban J connectivity index is 2.29. The van der Waals surface area contributed by atoms with E-state index in [9.17, 15) is 20.1 Å². The second kappa shape index (κ2) is 7.70. The number of rotatable bonds is 5. The first kappa shape index (κ1) is 19.7. The summed E-state index contributed by atoms with van der Waals surface area (Å²) in [5.41, 5.74) is 2.01. The fourth-order valence-electron chi connectivity index (χ4n) is 2.76. The highest BCUT2D eigenvalue weighted by Gasteiger charge is 2.48. The Morgan fingerprint density at radius 3 is 2.20 bits per heavy atom. The highest BCUT2D eigenvalue weighted by Crippen LogP contribution is 2.33. The summed E-state index contributed by atoms with van der Waals surface area (Å²) in [6.45, 7) is 8.12. The molecule has 1 aliphatic heterocycles. The molecule has 0 spiro atoms. The van der Waals surface area contributed by atoms with Gasteiger partial charge in [0.05, 0.1) is 0 Å². The summed E-state index contributed by atoms with van der Waals surface area (Å²) in [4.78, 5) is 11.2. The molecule has 1 aliphatic rings. The van der Waals surface area contributed by atoms with E-state index in [0.29, 0.717) is 11.7 Å². The predicted molar refractivity (Wildman–Crippen MR) is 89.6 cm³/mol. The molecule has 1 heterocycles. The molecule has 1 fully saturated rings. The number of aliphatic hydroxyl groups excluding tert-OH is 3. The number of carboxylic acids is 1. The van der Waals surface area contributed by atoms with E-state index in [4.69, 9.17) is 14.6 Å². The first-order chi connectivity index (χ1) is 11.6. The lowest BCUT2D eigenvalue weighted by Gasteiger charge is -2.38. The van der Waals surface area contributed by atoms with Gasteiger partial charge in [-0.15, -0.1) is 0 Å². The van der Waals surface area contributed by atoms with Crippen LogP contribution in [-0.4, -0.2) is 57.1 Å². The van der Waals surface area contributed by atoms with Crippen molar-refractivity contribution in [1.82, 2.24) is 0 Å². The number of ether oxygens (including phenoxy) is 2. The molecule has 140 valence electrons. The normalized spacial score (nSPS) is 29.9. The van der Waals surface area contributed by atoms with E-state index in [0.717, 1.165) is 11.1 Å². The van der Waals surface area contributed by atoms with E-state index in [1.165, 1.54) is 0 Å². The lowest BCUT2D eigenvalue weighted by molar-refractivity contribution is -0.271. The third-order valence-electron chi connectivity index (χ3n) is 4.38. The van der Waals surface area contributed by atoms with Crippen molar-refractivity contribution in [2.45, 2.75) is 70.2 Å². The molecular weight excluding hydrogens is 328 g/mol. The van der Waals surface area contributed by atoms with Gasteiger partial charge in [0.15, 0.2) is 6.10 Å². The van der Waals surface area contributed by atoms with Gasteiger partial charge in [-0.25, -0.2) is 4.79 Å². The first-order valence-corrected chi connectivity index (χ1v) is 8.36. The predicted octanol–water partition coefficient (Wildman–Crippen LogP) is 1.20. The maximum atomic E-state index is 11.2. The van der Waals surface area contributed by atoms with Crippen molar-refractivity contribution in [3.63, 3.8) is 0 Å². The topological polar surface area (TPSA) is 116 Å². The van der Waals surface area contributed by atoms with Crippen LogP contribution in [0.4, 0.5) is 0 Å². The summed E-state index contributed by atoms with van der Waals surface area (Å²) >= 11 is 0. The van der Waals surface area contributed by atoms with Gasteiger partial charge in [-0.1, -0.05) is 39.8 Å². The fraction of sp³-hybridized carbons (Fsp3) is 0.611. The van der Waals surface area contributed by atoms with Crippen LogP contribution in [0.5, 0.6) is 5.75 Å². The smallest absolute Gasteiger partial charge is 0.335 e. The quantitative estimate of drug-likeness (QED) is 0.628. The molecule has 0 aromatic heterocycles. The molecule has 5 atom stereocenters. The van der Waals surface area contributed by atoms with Gasteiger partial charge >= 0.3 is 5.97 Å². The van der Waals surface area contributed by atoms with Gasteiger partial charge in [0.2, 0.25) is 6.29 Å². The van der Waals surface area contributed by atoms with Crippen molar-refractivity contribution in [2.24, 2.45) is 0 Å². The van der Waals surface area contributed by atoms with Crippen LogP contribution < -0.4 is 4.74 Å². The number of aliphatic carboxylic acids is 1. The number of benzene rings is 1. The molecule has 1 saturated heterocycles. The summed E-state index contributed by atoms with van der Waals surface area (Å²) in [5, 5.41) is 38.8. The van der Waals surface area contributed by atoms with Crippen LogP contribution in [0.2, 0.25) is 0 Å². The van der Waals surface area contributed by atoms with Crippen LogP contribution in [0.1, 0.15) is 50.7 Å². The van der Waals surface area contributed by atoms with E-state index in [2.05, 4.69) is 13.8 Å². The van der Waals surface area contributed by atoms with Crippen LogP contribution in [0.15, 0.2) is 18.2 Å². The van der Waals surface area contributed by atoms with Gasteiger partial charge in [-0.3, -0.25) is 0 Å². The number of hydrogen-bond donors (Lipinski definition) is 4. The maximum absolute atomic E-state index is 11.2. The summed E-state index contributed by atoms with van der Waals surface area (Å²) in [7, 11) is 0. The van der Waals surface area contributed by atoms with Crippen LogP contribution in [-0.2, 0) is 9.53 Å². The summed E-state index contributed by atoms with van der Waals surface area (Å²) in [6, 6.07) is 5.63. The van der Waals surface area contributed by atoms with Gasteiger partial charge in [0.25, 0.3) is 0 Å². The van der Waals surface area contributed by atoms with Gasteiger partial charge in [-0.05, 0) is 29.0 Å². The van der Waals surface area contributed by atoms with E-state index in [1.807, 2.05) is 26.0 Å². The Morgan fingerprint density at radius 1 is 1.04 bits per heavy atom. The molecule has 7 nitrogen and oxygen atoms in total. The van der Waals surface area contributed by atoms with Crippen molar-refractivity contribution in [2.75, 3.05) is 0 Å². The standard InChI is InChI=1S/C18H26O7/c1-8(2)10-5-6-12(11(7-10)9(3)4)24-18-15(21)13(19)14(20)16(25-18)17(22)23/h5-9,13-16,18-21H,1-4H3,(H,22,23)/t13-,14-,15+,16-,18+/m0/s1. The Morgan fingerprint density at radius 2 is 1.68 bits per heavy atom. The van der Waals surface area contributed by atoms with Crippen LogP contribution >= 0.6 is 0 Å². The van der Waals surface area contributed by atoms with Crippen LogP contribution in [0, 0.1) is 0 Å². The minimum absolute atomic E-state index is 0.125. The zero-order chi connectivity index (χ0) is 18.9. The van der Waals surface area contributed by atoms with Crippen molar-refractivity contribution < 1.29 is 34.7 Å². The molecule has 4 N–H and O–H groups in total. The molecule has 25 heavy (non-hydrogen) atoms. The van der Waals surface area contributed by atoms with Gasteiger partial charge in [0, 0.05) is 0 Å².